The first kappa shape index (κ1) is 23.1. The zero-order valence-corrected chi connectivity index (χ0v) is 16.3. The van der Waals surface area contributed by atoms with Gasteiger partial charge in [0.25, 0.3) is 0 Å². The number of hydrogen-bond donors (Lipinski definition) is 1. The third-order valence-corrected chi connectivity index (χ3v) is 4.70. The Bertz CT molecular complexity index is 340. The highest BCUT2D eigenvalue weighted by Crippen LogP contribution is 2.13. The summed E-state index contributed by atoms with van der Waals surface area (Å²) in [5.41, 5.74) is 0. The van der Waals surface area contributed by atoms with Gasteiger partial charge in [0.05, 0.1) is 20.5 Å². The Hall–Kier alpha value is -0.900. The number of amides is 1. The SMILES string of the molecule is CCCCCCCCCCCCCCCC(=O)[N+](C)(C)CC(=O)O. The molecule has 0 spiro atoms. The number of carbonyl (C=O) groups excluding carboxylic acids is 1. The summed E-state index contributed by atoms with van der Waals surface area (Å²) >= 11 is 0. The lowest BCUT2D eigenvalue weighted by Crippen LogP contribution is -2.48. The molecule has 0 aliphatic rings. The van der Waals surface area contributed by atoms with Crippen LogP contribution in [0.1, 0.15) is 96.8 Å². The minimum absolute atomic E-state index is 0.0282. The summed E-state index contributed by atoms with van der Waals surface area (Å²) in [5.74, 6) is -0.890. The van der Waals surface area contributed by atoms with Gasteiger partial charge in [-0.2, -0.15) is 0 Å². The molecule has 0 atom stereocenters. The highest BCUT2D eigenvalue weighted by Gasteiger charge is 2.28. The van der Waals surface area contributed by atoms with E-state index in [4.69, 9.17) is 5.11 Å². The maximum atomic E-state index is 12.0. The lowest BCUT2D eigenvalue weighted by molar-refractivity contribution is -0.806. The first-order valence-electron chi connectivity index (χ1n) is 9.98. The molecule has 0 saturated carbocycles. The Kier molecular flexibility index (Phi) is 13.9. The zero-order chi connectivity index (χ0) is 18.3. The highest BCUT2D eigenvalue weighted by molar-refractivity contribution is 5.74. The van der Waals surface area contributed by atoms with Crippen LogP contribution < -0.4 is 0 Å². The molecule has 0 heterocycles. The fraction of sp³-hybridized carbons (Fsp3) is 0.900. The molecule has 142 valence electrons. The molecule has 0 rings (SSSR count). The van der Waals surface area contributed by atoms with Crippen LogP contribution in [0.5, 0.6) is 0 Å². The molecule has 0 aliphatic carbocycles. The second-order valence-electron chi connectivity index (χ2n) is 7.62. The summed E-state index contributed by atoms with van der Waals surface area (Å²) in [4.78, 5) is 22.8. The van der Waals surface area contributed by atoms with Crippen LogP contribution in [-0.2, 0) is 9.59 Å². The van der Waals surface area contributed by atoms with Crippen molar-refractivity contribution in [3.05, 3.63) is 0 Å². The number of aliphatic carboxylic acids is 1. The van der Waals surface area contributed by atoms with Crippen molar-refractivity contribution in [2.75, 3.05) is 20.6 Å². The first-order chi connectivity index (χ1) is 11.4. The molecule has 0 aliphatic heterocycles. The average molecular weight is 343 g/mol. The Balaban J connectivity index is 3.39. The molecule has 0 aromatic heterocycles. The van der Waals surface area contributed by atoms with E-state index < -0.39 is 5.97 Å². The summed E-state index contributed by atoms with van der Waals surface area (Å²) < 4.78 is -0.0480. The molecule has 4 heteroatoms. The lowest BCUT2D eigenvalue weighted by atomic mass is 10.0. The number of quaternary nitrogens is 1. The van der Waals surface area contributed by atoms with E-state index in [1.54, 1.807) is 14.1 Å². The molecule has 0 aromatic rings. The standard InChI is InChI=1S/C20H39NO3/c1-4-5-6-7-8-9-10-11-12-13-14-15-16-17-19(22)21(2,3)18-20(23)24/h4-18H2,1-3H3/p+1. The molecular weight excluding hydrogens is 302 g/mol. The maximum Gasteiger partial charge on any atom is 0.359 e. The van der Waals surface area contributed by atoms with Gasteiger partial charge in [-0.05, 0) is 6.42 Å². The molecule has 1 N–H and O–H groups in total. The van der Waals surface area contributed by atoms with Gasteiger partial charge in [0.1, 0.15) is 0 Å². The van der Waals surface area contributed by atoms with Crippen molar-refractivity contribution in [2.24, 2.45) is 0 Å². The molecule has 0 aromatic carbocycles. The quantitative estimate of drug-likeness (QED) is 0.311. The monoisotopic (exact) mass is 342 g/mol. The van der Waals surface area contributed by atoms with Crippen LogP contribution in [0, 0.1) is 0 Å². The first-order valence-corrected chi connectivity index (χ1v) is 9.98. The minimum Gasteiger partial charge on any atom is -0.477 e. The maximum absolute atomic E-state index is 12.0. The third-order valence-electron chi connectivity index (χ3n) is 4.70. The summed E-state index contributed by atoms with van der Waals surface area (Å²) in [6.07, 6.45) is 17.2. The van der Waals surface area contributed by atoms with E-state index in [0.29, 0.717) is 6.42 Å². The van der Waals surface area contributed by atoms with Crippen LogP contribution in [0.4, 0.5) is 0 Å². The number of carbonyl (C=O) groups is 2. The number of carboxylic acid groups (broad SMARTS) is 1. The summed E-state index contributed by atoms with van der Waals surface area (Å²) in [7, 11) is 3.36. The van der Waals surface area contributed by atoms with Crippen molar-refractivity contribution in [2.45, 2.75) is 96.8 Å². The van der Waals surface area contributed by atoms with Crippen molar-refractivity contribution in [1.29, 1.82) is 0 Å². The average Bonchev–Trinajstić information content (AvgIpc) is 2.50. The van der Waals surface area contributed by atoms with E-state index >= 15 is 0 Å². The second-order valence-corrected chi connectivity index (χ2v) is 7.62. The summed E-state index contributed by atoms with van der Waals surface area (Å²) in [6, 6.07) is 0. The van der Waals surface area contributed by atoms with Crippen molar-refractivity contribution in [1.82, 2.24) is 0 Å². The third kappa shape index (κ3) is 13.5. The highest BCUT2D eigenvalue weighted by atomic mass is 16.4. The number of nitrogens with zero attached hydrogens (tertiary/aromatic N) is 1. The number of carboxylic acids is 1. The fourth-order valence-electron chi connectivity index (χ4n) is 3.02. The van der Waals surface area contributed by atoms with Gasteiger partial charge in [-0.15, -0.1) is 0 Å². The van der Waals surface area contributed by atoms with Gasteiger partial charge in [0.15, 0.2) is 6.54 Å². The summed E-state index contributed by atoms with van der Waals surface area (Å²) in [6.45, 7) is 2.13. The minimum atomic E-state index is -0.918. The van der Waals surface area contributed by atoms with Crippen molar-refractivity contribution >= 4 is 11.9 Å². The van der Waals surface area contributed by atoms with Crippen LogP contribution in [0.25, 0.3) is 0 Å². The summed E-state index contributed by atoms with van der Waals surface area (Å²) in [5, 5.41) is 8.81. The topological polar surface area (TPSA) is 54.4 Å². The predicted octanol–water partition coefficient (Wildman–Crippen LogP) is 5.16. The van der Waals surface area contributed by atoms with Gasteiger partial charge in [0, 0.05) is 0 Å². The van der Waals surface area contributed by atoms with Crippen LogP contribution in [0.2, 0.25) is 0 Å². The Morgan fingerprint density at radius 3 is 1.46 bits per heavy atom. The van der Waals surface area contributed by atoms with Gasteiger partial charge in [-0.3, -0.25) is 4.48 Å². The van der Waals surface area contributed by atoms with Gasteiger partial charge < -0.3 is 5.11 Å². The Labute approximate surface area is 149 Å². The van der Waals surface area contributed by atoms with E-state index in [2.05, 4.69) is 6.92 Å². The van der Waals surface area contributed by atoms with E-state index in [9.17, 15) is 9.59 Å². The van der Waals surface area contributed by atoms with Crippen molar-refractivity contribution in [3.63, 3.8) is 0 Å². The van der Waals surface area contributed by atoms with E-state index in [-0.39, 0.29) is 16.9 Å². The van der Waals surface area contributed by atoms with Crippen LogP contribution >= 0.6 is 0 Å². The van der Waals surface area contributed by atoms with Gasteiger partial charge >= 0.3 is 11.9 Å². The molecule has 4 nitrogen and oxygen atoms in total. The molecule has 1 amide bonds. The predicted molar refractivity (Wildman–Crippen MR) is 99.9 cm³/mol. The zero-order valence-electron chi connectivity index (χ0n) is 16.3. The van der Waals surface area contributed by atoms with E-state index in [1.807, 2.05) is 0 Å². The van der Waals surface area contributed by atoms with Gasteiger partial charge in [0.2, 0.25) is 0 Å². The van der Waals surface area contributed by atoms with Gasteiger partial charge in [-0.1, -0.05) is 84.0 Å². The number of rotatable bonds is 16. The molecular formula is C20H40NO3+. The fourth-order valence-corrected chi connectivity index (χ4v) is 3.02. The van der Waals surface area contributed by atoms with E-state index in [1.165, 1.54) is 70.6 Å². The van der Waals surface area contributed by atoms with Gasteiger partial charge in [-0.25, -0.2) is 9.59 Å². The van der Waals surface area contributed by atoms with Crippen molar-refractivity contribution < 1.29 is 19.2 Å². The van der Waals surface area contributed by atoms with Crippen molar-refractivity contribution in [3.8, 4) is 0 Å². The van der Waals surface area contributed by atoms with Crippen LogP contribution in [-0.4, -0.2) is 42.1 Å². The molecule has 0 bridgehead atoms. The normalized spacial score (nSPS) is 11.6. The molecule has 0 radical (unpaired) electrons. The van der Waals surface area contributed by atoms with Crippen LogP contribution in [0.15, 0.2) is 0 Å². The number of hydrogen-bond acceptors (Lipinski definition) is 2. The van der Waals surface area contributed by atoms with E-state index in [0.717, 1.165) is 12.8 Å². The molecule has 0 unspecified atom stereocenters. The number of likely N-dealkylation sites (N-methyl/N-ethyl adjacent to an activating group) is 1. The van der Waals surface area contributed by atoms with Crippen LogP contribution in [0.3, 0.4) is 0 Å². The molecule has 0 fully saturated rings. The lowest BCUT2D eigenvalue weighted by Gasteiger charge is -2.24. The number of unbranched alkanes of at least 4 members (excludes halogenated alkanes) is 12. The Morgan fingerprint density at radius 2 is 1.08 bits per heavy atom. The molecule has 24 heavy (non-hydrogen) atoms. The Morgan fingerprint density at radius 1 is 0.708 bits per heavy atom. The molecule has 0 saturated heterocycles. The smallest absolute Gasteiger partial charge is 0.359 e. The second kappa shape index (κ2) is 14.4. The largest absolute Gasteiger partial charge is 0.477 e.